The Kier molecular flexibility index (Phi) is 2.77. The molecule has 0 radical (unpaired) electrons. The Morgan fingerprint density at radius 2 is 2.40 bits per heavy atom. The number of rotatable bonds is 2. The van der Waals surface area contributed by atoms with Gasteiger partial charge in [-0.3, -0.25) is 4.79 Å². The molecule has 0 saturated carbocycles. The summed E-state index contributed by atoms with van der Waals surface area (Å²) >= 11 is 8.27. The van der Waals surface area contributed by atoms with E-state index in [-0.39, 0.29) is 5.24 Å². The number of hydrogen-bond acceptors (Lipinski definition) is 3. The molecule has 54 valence electrons. The first kappa shape index (κ1) is 8.11. The van der Waals surface area contributed by atoms with Crippen LogP contribution < -0.4 is 0 Å². The van der Waals surface area contributed by atoms with E-state index in [0.29, 0.717) is 4.88 Å². The van der Waals surface area contributed by atoms with Gasteiger partial charge in [0, 0.05) is 0 Å². The van der Waals surface area contributed by atoms with Gasteiger partial charge in [-0.1, -0.05) is 0 Å². The Morgan fingerprint density at radius 1 is 1.70 bits per heavy atom. The molecule has 0 unspecified atom stereocenters. The summed E-state index contributed by atoms with van der Waals surface area (Å²) < 4.78 is 1.11. The normalized spacial score (nSPS) is 9.80. The highest BCUT2D eigenvalue weighted by atomic mass is 35.5. The Labute approximate surface area is 72.4 Å². The third-order valence-corrected chi connectivity index (χ3v) is 3.46. The van der Waals surface area contributed by atoms with Crippen LogP contribution in [0.3, 0.4) is 0 Å². The highest BCUT2D eigenvalue weighted by Crippen LogP contribution is 2.25. The lowest BCUT2D eigenvalue weighted by molar-refractivity contribution is 0.108. The van der Waals surface area contributed by atoms with Gasteiger partial charge in [0.2, 0.25) is 0 Å². The maximum atomic E-state index is 10.5. The van der Waals surface area contributed by atoms with Gasteiger partial charge in [0.05, 0.1) is 9.09 Å². The van der Waals surface area contributed by atoms with Crippen LogP contribution in [0, 0.1) is 0 Å². The number of carbonyl (C=O) groups is 1. The summed E-state index contributed by atoms with van der Waals surface area (Å²) in [5.41, 5.74) is 0. The third-order valence-electron chi connectivity index (χ3n) is 0.976. The molecule has 0 amide bonds. The standard InChI is InChI=1S/C6H5ClOS2/c1-9-5-3-2-4(10-5)6(7)8/h2-3H,1H3. The van der Waals surface area contributed by atoms with Crippen LogP contribution in [0.25, 0.3) is 0 Å². The van der Waals surface area contributed by atoms with Crippen LogP contribution >= 0.6 is 34.7 Å². The van der Waals surface area contributed by atoms with Crippen molar-refractivity contribution in [3.05, 3.63) is 17.0 Å². The molecule has 1 aromatic heterocycles. The van der Waals surface area contributed by atoms with E-state index in [1.165, 1.54) is 11.3 Å². The smallest absolute Gasteiger partial charge is 0.262 e. The maximum Gasteiger partial charge on any atom is 0.262 e. The molecule has 10 heavy (non-hydrogen) atoms. The van der Waals surface area contributed by atoms with Crippen LogP contribution in [-0.4, -0.2) is 11.5 Å². The van der Waals surface area contributed by atoms with Crippen molar-refractivity contribution in [3.63, 3.8) is 0 Å². The van der Waals surface area contributed by atoms with E-state index >= 15 is 0 Å². The van der Waals surface area contributed by atoms with Crippen molar-refractivity contribution < 1.29 is 4.79 Å². The van der Waals surface area contributed by atoms with Gasteiger partial charge in [-0.15, -0.1) is 23.1 Å². The zero-order valence-corrected chi connectivity index (χ0v) is 7.65. The minimum atomic E-state index is -0.370. The van der Waals surface area contributed by atoms with Gasteiger partial charge >= 0.3 is 0 Å². The van der Waals surface area contributed by atoms with Crippen molar-refractivity contribution in [3.8, 4) is 0 Å². The van der Waals surface area contributed by atoms with Gasteiger partial charge in [0.25, 0.3) is 5.24 Å². The molecule has 0 atom stereocenters. The van der Waals surface area contributed by atoms with Gasteiger partial charge in [-0.2, -0.15) is 0 Å². The number of thiophene rings is 1. The molecule has 1 heterocycles. The molecule has 1 rings (SSSR count). The molecule has 0 bridgehead atoms. The molecule has 0 saturated heterocycles. The van der Waals surface area contributed by atoms with Crippen molar-refractivity contribution in [1.82, 2.24) is 0 Å². The van der Waals surface area contributed by atoms with Gasteiger partial charge < -0.3 is 0 Å². The average molecular weight is 193 g/mol. The predicted molar refractivity (Wildman–Crippen MR) is 46.3 cm³/mol. The summed E-state index contributed by atoms with van der Waals surface area (Å²) in [6.45, 7) is 0. The van der Waals surface area contributed by atoms with E-state index in [4.69, 9.17) is 11.6 Å². The SMILES string of the molecule is CSc1ccc(C(=O)Cl)s1. The molecule has 0 N–H and O–H groups in total. The fourth-order valence-corrected chi connectivity index (χ4v) is 2.09. The molecular formula is C6H5ClOS2. The van der Waals surface area contributed by atoms with Crippen LogP contribution in [0.1, 0.15) is 9.67 Å². The van der Waals surface area contributed by atoms with E-state index in [2.05, 4.69) is 0 Å². The molecule has 0 fully saturated rings. The van der Waals surface area contributed by atoms with Gasteiger partial charge in [0.15, 0.2) is 0 Å². The van der Waals surface area contributed by atoms with Crippen LogP contribution in [0.15, 0.2) is 16.3 Å². The quantitative estimate of drug-likeness (QED) is 0.530. The van der Waals surface area contributed by atoms with Crippen LogP contribution in [0.2, 0.25) is 0 Å². The van der Waals surface area contributed by atoms with E-state index in [9.17, 15) is 4.79 Å². The number of carbonyl (C=O) groups excluding carboxylic acids is 1. The minimum absolute atomic E-state index is 0.370. The van der Waals surface area contributed by atoms with E-state index < -0.39 is 0 Å². The van der Waals surface area contributed by atoms with E-state index in [0.717, 1.165) is 4.21 Å². The Morgan fingerprint density at radius 3 is 2.70 bits per heavy atom. The summed E-state index contributed by atoms with van der Waals surface area (Å²) in [4.78, 5) is 11.2. The first-order valence-electron chi connectivity index (χ1n) is 2.57. The van der Waals surface area contributed by atoms with Crippen molar-refractivity contribution >= 4 is 39.9 Å². The second kappa shape index (κ2) is 3.42. The summed E-state index contributed by atoms with van der Waals surface area (Å²) in [6, 6.07) is 3.64. The fourth-order valence-electron chi connectivity index (χ4n) is 0.535. The van der Waals surface area contributed by atoms with Gasteiger partial charge in [-0.25, -0.2) is 0 Å². The Hall–Kier alpha value is 0.01000. The van der Waals surface area contributed by atoms with E-state index in [1.54, 1.807) is 17.8 Å². The van der Waals surface area contributed by atoms with Gasteiger partial charge in [-0.05, 0) is 30.0 Å². The molecule has 1 aromatic rings. The molecule has 0 aliphatic rings. The Bertz CT molecular complexity index is 244. The highest BCUT2D eigenvalue weighted by Gasteiger charge is 2.04. The fraction of sp³-hybridized carbons (Fsp3) is 0.167. The van der Waals surface area contributed by atoms with Crippen LogP contribution in [0.5, 0.6) is 0 Å². The zero-order valence-electron chi connectivity index (χ0n) is 5.26. The lowest BCUT2D eigenvalue weighted by atomic mass is 10.5. The predicted octanol–water partition coefficient (Wildman–Crippen LogP) is 2.85. The molecule has 0 aliphatic carbocycles. The summed E-state index contributed by atoms with van der Waals surface area (Å²) in [5, 5.41) is -0.370. The van der Waals surface area contributed by atoms with Crippen LogP contribution in [0.4, 0.5) is 0 Å². The lowest BCUT2D eigenvalue weighted by Crippen LogP contribution is -1.78. The largest absolute Gasteiger partial charge is 0.275 e. The highest BCUT2D eigenvalue weighted by molar-refractivity contribution is 8.00. The zero-order chi connectivity index (χ0) is 7.56. The minimum Gasteiger partial charge on any atom is -0.275 e. The topological polar surface area (TPSA) is 17.1 Å². The molecule has 4 heteroatoms. The summed E-state index contributed by atoms with van der Waals surface area (Å²) in [7, 11) is 0. The summed E-state index contributed by atoms with van der Waals surface area (Å²) in [5.74, 6) is 0. The number of hydrogen-bond donors (Lipinski definition) is 0. The molecule has 0 aromatic carbocycles. The first-order valence-corrected chi connectivity index (χ1v) is 4.99. The Balaban J connectivity index is 2.88. The van der Waals surface area contributed by atoms with Crippen molar-refractivity contribution in [2.45, 2.75) is 4.21 Å². The number of thioether (sulfide) groups is 1. The average Bonchev–Trinajstić information content (AvgIpc) is 2.34. The number of halogens is 1. The molecule has 0 aliphatic heterocycles. The van der Waals surface area contributed by atoms with Crippen molar-refractivity contribution in [2.75, 3.05) is 6.26 Å². The monoisotopic (exact) mass is 192 g/mol. The van der Waals surface area contributed by atoms with Crippen molar-refractivity contribution in [1.29, 1.82) is 0 Å². The summed E-state index contributed by atoms with van der Waals surface area (Å²) in [6.07, 6.45) is 1.97. The lowest BCUT2D eigenvalue weighted by Gasteiger charge is -1.82. The first-order chi connectivity index (χ1) is 4.74. The molecular weight excluding hydrogens is 188 g/mol. The molecule has 0 spiro atoms. The van der Waals surface area contributed by atoms with E-state index in [1.807, 2.05) is 12.3 Å². The molecule has 1 nitrogen and oxygen atoms in total. The second-order valence-electron chi connectivity index (χ2n) is 1.60. The third kappa shape index (κ3) is 1.75. The van der Waals surface area contributed by atoms with Crippen molar-refractivity contribution in [2.24, 2.45) is 0 Å². The second-order valence-corrected chi connectivity index (χ2v) is 4.13. The maximum absolute atomic E-state index is 10.5. The van der Waals surface area contributed by atoms with Crippen LogP contribution in [-0.2, 0) is 0 Å². The van der Waals surface area contributed by atoms with Gasteiger partial charge in [0.1, 0.15) is 0 Å².